The Morgan fingerprint density at radius 3 is 2.75 bits per heavy atom. The van der Waals surface area contributed by atoms with Gasteiger partial charge in [0.05, 0.1) is 18.1 Å². The summed E-state index contributed by atoms with van der Waals surface area (Å²) in [5, 5.41) is 2.70. The van der Waals surface area contributed by atoms with Crippen molar-refractivity contribution in [1.82, 2.24) is 0 Å². The molecular formula is C18H20F3NO2. The Bertz CT molecular complexity index is 642. The first-order valence-corrected chi connectivity index (χ1v) is 8.15. The van der Waals surface area contributed by atoms with Crippen LogP contribution >= 0.6 is 0 Å². The molecule has 3 atom stereocenters. The number of rotatable bonds is 4. The Hall–Kier alpha value is -1.82. The molecule has 0 aliphatic heterocycles. The molecule has 3 rings (SSSR count). The minimum absolute atomic E-state index is 0.0439. The number of anilines is 1. The fourth-order valence-corrected chi connectivity index (χ4v) is 3.57. The van der Waals surface area contributed by atoms with E-state index in [1.165, 1.54) is 6.08 Å². The number of ether oxygens (including phenoxy) is 1. The highest BCUT2D eigenvalue weighted by Gasteiger charge is 2.45. The third kappa shape index (κ3) is 3.64. The van der Waals surface area contributed by atoms with Crippen molar-refractivity contribution in [3.8, 4) is 0 Å². The van der Waals surface area contributed by atoms with Crippen LogP contribution in [0.25, 0.3) is 0 Å². The van der Waals surface area contributed by atoms with Gasteiger partial charge in [0.1, 0.15) is 0 Å². The van der Waals surface area contributed by atoms with Gasteiger partial charge in [-0.05, 0) is 61.4 Å². The summed E-state index contributed by atoms with van der Waals surface area (Å²) in [6.45, 7) is 3.41. The second-order valence-electron chi connectivity index (χ2n) is 6.44. The zero-order valence-electron chi connectivity index (χ0n) is 13.2. The average molecular weight is 339 g/mol. The van der Waals surface area contributed by atoms with Gasteiger partial charge in [-0.1, -0.05) is 12.6 Å². The molecule has 1 fully saturated rings. The van der Waals surface area contributed by atoms with Gasteiger partial charge in [0.25, 0.3) is 0 Å². The molecule has 1 N–H and O–H groups in total. The largest absolute Gasteiger partial charge is 0.391 e. The zero-order valence-corrected chi connectivity index (χ0v) is 13.2. The normalized spacial score (nSPS) is 26.2. The number of alkyl halides is 3. The maximum atomic E-state index is 12.8. The second kappa shape index (κ2) is 6.59. The molecule has 0 aromatic heterocycles. The van der Waals surface area contributed by atoms with Crippen molar-refractivity contribution in [2.75, 3.05) is 5.32 Å². The maximum absolute atomic E-state index is 12.8. The summed E-state index contributed by atoms with van der Waals surface area (Å²) >= 11 is 0. The molecule has 1 aromatic rings. The molecule has 130 valence electrons. The lowest BCUT2D eigenvalue weighted by molar-refractivity contribution is -0.175. The molecule has 1 amide bonds. The van der Waals surface area contributed by atoms with Crippen molar-refractivity contribution in [2.45, 2.75) is 50.5 Å². The van der Waals surface area contributed by atoms with Gasteiger partial charge in [-0.25, -0.2) is 0 Å². The van der Waals surface area contributed by atoms with Crippen molar-refractivity contribution in [3.63, 3.8) is 0 Å². The van der Waals surface area contributed by atoms with Crippen LogP contribution in [0.15, 0.2) is 30.9 Å². The number of halogens is 3. The van der Waals surface area contributed by atoms with Crippen LogP contribution in [0.5, 0.6) is 0 Å². The molecule has 1 saturated carbocycles. The third-order valence-corrected chi connectivity index (χ3v) is 4.83. The standard InChI is InChI=1S/C18H20F3NO2/c1-2-17(23)22-13-6-3-11-4-8-16(15(11)10-13)24-14-7-5-12(9-14)18(19,20)21/h2-3,6,10,12,14,16H,1,4-5,7-9H2,(H,22,23). The summed E-state index contributed by atoms with van der Waals surface area (Å²) in [5.74, 6) is -1.55. The number of aryl methyl sites for hydroxylation is 1. The van der Waals surface area contributed by atoms with Gasteiger partial charge in [-0.3, -0.25) is 4.79 Å². The van der Waals surface area contributed by atoms with Crippen LogP contribution < -0.4 is 5.32 Å². The van der Waals surface area contributed by atoms with Crippen molar-refractivity contribution >= 4 is 11.6 Å². The lowest BCUT2D eigenvalue weighted by Gasteiger charge is -2.20. The lowest BCUT2D eigenvalue weighted by Crippen LogP contribution is -2.21. The third-order valence-electron chi connectivity index (χ3n) is 4.83. The smallest absolute Gasteiger partial charge is 0.370 e. The Balaban J connectivity index is 1.67. The van der Waals surface area contributed by atoms with Crippen molar-refractivity contribution < 1.29 is 22.7 Å². The second-order valence-corrected chi connectivity index (χ2v) is 6.44. The fourth-order valence-electron chi connectivity index (χ4n) is 3.57. The minimum Gasteiger partial charge on any atom is -0.370 e. The molecule has 0 radical (unpaired) electrons. The van der Waals surface area contributed by atoms with E-state index in [1.807, 2.05) is 18.2 Å². The molecule has 2 aliphatic carbocycles. The number of amides is 1. The molecule has 3 unspecified atom stereocenters. The van der Waals surface area contributed by atoms with E-state index in [9.17, 15) is 18.0 Å². The van der Waals surface area contributed by atoms with Crippen LogP contribution in [0.3, 0.4) is 0 Å². The number of hydrogen-bond donors (Lipinski definition) is 1. The van der Waals surface area contributed by atoms with Crippen LogP contribution in [0.4, 0.5) is 18.9 Å². The van der Waals surface area contributed by atoms with E-state index in [0.29, 0.717) is 12.1 Å². The highest BCUT2D eigenvalue weighted by Crippen LogP contribution is 2.43. The molecular weight excluding hydrogens is 319 g/mol. The molecule has 24 heavy (non-hydrogen) atoms. The maximum Gasteiger partial charge on any atom is 0.391 e. The molecule has 0 saturated heterocycles. The Morgan fingerprint density at radius 1 is 1.29 bits per heavy atom. The van der Waals surface area contributed by atoms with Crippen molar-refractivity contribution in [2.24, 2.45) is 5.92 Å². The van der Waals surface area contributed by atoms with Crippen LogP contribution in [0, 0.1) is 5.92 Å². The Kier molecular flexibility index (Phi) is 4.67. The summed E-state index contributed by atoms with van der Waals surface area (Å²) < 4.78 is 44.3. The number of benzene rings is 1. The summed E-state index contributed by atoms with van der Waals surface area (Å²) in [6.07, 6.45) is -1.25. The SMILES string of the molecule is C=CC(=O)Nc1ccc2c(c1)C(OC1CCC(C(F)(F)F)C1)CC2. The van der Waals surface area contributed by atoms with E-state index in [4.69, 9.17) is 4.74 Å². The van der Waals surface area contributed by atoms with E-state index in [1.54, 1.807) is 0 Å². The monoisotopic (exact) mass is 339 g/mol. The van der Waals surface area contributed by atoms with Crippen LogP contribution in [0.2, 0.25) is 0 Å². The molecule has 2 aliphatic rings. The van der Waals surface area contributed by atoms with Crippen molar-refractivity contribution in [1.29, 1.82) is 0 Å². The first-order chi connectivity index (χ1) is 11.4. The number of hydrogen-bond acceptors (Lipinski definition) is 2. The lowest BCUT2D eigenvalue weighted by atomic mass is 10.1. The predicted molar refractivity (Wildman–Crippen MR) is 84.6 cm³/mol. The van der Waals surface area contributed by atoms with Crippen molar-refractivity contribution in [3.05, 3.63) is 42.0 Å². The highest BCUT2D eigenvalue weighted by atomic mass is 19.4. The summed E-state index contributed by atoms with van der Waals surface area (Å²) in [6, 6.07) is 5.60. The average Bonchev–Trinajstić information content (AvgIpc) is 3.15. The predicted octanol–water partition coefficient (Wildman–Crippen LogP) is 4.55. The number of fused-ring (bicyclic) bond motifs is 1. The first kappa shape index (κ1) is 17.0. The summed E-state index contributed by atoms with van der Waals surface area (Å²) in [5.41, 5.74) is 2.74. The summed E-state index contributed by atoms with van der Waals surface area (Å²) in [7, 11) is 0. The van der Waals surface area contributed by atoms with Gasteiger partial charge < -0.3 is 10.1 Å². The molecule has 0 bridgehead atoms. The van der Waals surface area contributed by atoms with Gasteiger partial charge in [-0.2, -0.15) is 13.2 Å². The molecule has 3 nitrogen and oxygen atoms in total. The van der Waals surface area contributed by atoms with Gasteiger partial charge in [0, 0.05) is 5.69 Å². The van der Waals surface area contributed by atoms with Gasteiger partial charge in [-0.15, -0.1) is 0 Å². The topological polar surface area (TPSA) is 38.3 Å². The van der Waals surface area contributed by atoms with Gasteiger partial charge in [0.2, 0.25) is 5.91 Å². The quantitative estimate of drug-likeness (QED) is 0.818. The minimum atomic E-state index is -4.13. The van der Waals surface area contributed by atoms with E-state index in [0.717, 1.165) is 24.0 Å². The van der Waals surface area contributed by atoms with Gasteiger partial charge >= 0.3 is 6.18 Å². The van der Waals surface area contributed by atoms with E-state index in [2.05, 4.69) is 11.9 Å². The van der Waals surface area contributed by atoms with Crippen LogP contribution in [0.1, 0.15) is 42.9 Å². The Morgan fingerprint density at radius 2 is 2.08 bits per heavy atom. The van der Waals surface area contributed by atoms with E-state index < -0.39 is 12.1 Å². The molecule has 0 spiro atoms. The number of carbonyl (C=O) groups excluding carboxylic acids is 1. The van der Waals surface area contributed by atoms with Gasteiger partial charge in [0.15, 0.2) is 0 Å². The molecule has 1 aromatic carbocycles. The fraction of sp³-hybridized carbons (Fsp3) is 0.500. The number of nitrogens with one attached hydrogen (secondary N) is 1. The molecule has 0 heterocycles. The molecule has 6 heteroatoms. The van der Waals surface area contributed by atoms with Crippen LogP contribution in [-0.4, -0.2) is 18.2 Å². The first-order valence-electron chi connectivity index (χ1n) is 8.15. The summed E-state index contributed by atoms with van der Waals surface area (Å²) in [4.78, 5) is 11.4. The van der Waals surface area contributed by atoms with E-state index >= 15 is 0 Å². The zero-order chi connectivity index (χ0) is 17.3. The Labute approximate surface area is 138 Å². The van der Waals surface area contributed by atoms with Crippen LogP contribution in [-0.2, 0) is 16.0 Å². The van der Waals surface area contributed by atoms with E-state index in [-0.39, 0.29) is 31.0 Å². The number of carbonyl (C=O) groups is 1. The highest BCUT2D eigenvalue weighted by molar-refractivity contribution is 5.98.